The van der Waals surface area contributed by atoms with E-state index in [1.165, 1.54) is 0 Å². The SMILES string of the molecule is O=C(Nc1ccc(NC(=O)[C@@H]2CCCC[C@@H]2C(F)(F)F)cc1)NC1CC1. The zero-order chi connectivity index (χ0) is 18.7. The third-order valence-corrected chi connectivity index (χ3v) is 4.85. The minimum atomic E-state index is -4.36. The molecule has 0 spiro atoms. The Kier molecular flexibility index (Phi) is 5.38. The second-order valence-corrected chi connectivity index (χ2v) is 6.98. The number of halogens is 3. The predicted molar refractivity (Wildman–Crippen MR) is 91.8 cm³/mol. The van der Waals surface area contributed by atoms with Crippen LogP contribution in [-0.2, 0) is 4.79 Å². The van der Waals surface area contributed by atoms with Crippen LogP contribution in [-0.4, -0.2) is 24.2 Å². The van der Waals surface area contributed by atoms with Gasteiger partial charge in [-0.3, -0.25) is 4.79 Å². The van der Waals surface area contributed by atoms with Gasteiger partial charge in [-0.1, -0.05) is 12.8 Å². The third kappa shape index (κ3) is 4.89. The molecule has 5 nitrogen and oxygen atoms in total. The van der Waals surface area contributed by atoms with Gasteiger partial charge in [0.05, 0.1) is 5.92 Å². The van der Waals surface area contributed by atoms with Crippen LogP contribution in [0.3, 0.4) is 0 Å². The maximum Gasteiger partial charge on any atom is 0.392 e. The topological polar surface area (TPSA) is 70.2 Å². The van der Waals surface area contributed by atoms with Crippen LogP contribution in [0.4, 0.5) is 29.3 Å². The van der Waals surface area contributed by atoms with Crippen LogP contribution in [0.25, 0.3) is 0 Å². The summed E-state index contributed by atoms with van der Waals surface area (Å²) in [6, 6.07) is 6.28. The fourth-order valence-corrected chi connectivity index (χ4v) is 3.29. The average molecular weight is 369 g/mol. The van der Waals surface area contributed by atoms with Crippen molar-refractivity contribution in [2.45, 2.75) is 50.7 Å². The Morgan fingerprint density at radius 3 is 2.04 bits per heavy atom. The summed E-state index contributed by atoms with van der Waals surface area (Å²) >= 11 is 0. The maximum atomic E-state index is 13.1. The number of amides is 3. The minimum absolute atomic E-state index is 0.000546. The van der Waals surface area contributed by atoms with Gasteiger partial charge in [0, 0.05) is 23.3 Å². The van der Waals surface area contributed by atoms with E-state index in [1.54, 1.807) is 24.3 Å². The largest absolute Gasteiger partial charge is 0.392 e. The molecule has 0 heterocycles. The molecule has 0 aromatic heterocycles. The number of urea groups is 1. The predicted octanol–water partition coefficient (Wildman–Crippen LogP) is 4.28. The molecule has 0 unspecified atom stereocenters. The van der Waals surface area contributed by atoms with Crippen LogP contribution in [0.5, 0.6) is 0 Å². The van der Waals surface area contributed by atoms with Crippen molar-refractivity contribution < 1.29 is 22.8 Å². The quantitative estimate of drug-likeness (QED) is 0.741. The van der Waals surface area contributed by atoms with E-state index in [1.807, 2.05) is 0 Å². The highest BCUT2D eigenvalue weighted by Gasteiger charge is 2.48. The molecule has 8 heteroatoms. The van der Waals surface area contributed by atoms with Crippen molar-refractivity contribution in [2.75, 3.05) is 10.6 Å². The molecular weight excluding hydrogens is 347 g/mol. The molecule has 0 aliphatic heterocycles. The molecular formula is C18H22F3N3O2. The van der Waals surface area contributed by atoms with Gasteiger partial charge in [-0.05, 0) is 49.9 Å². The summed E-state index contributed by atoms with van der Waals surface area (Å²) in [5.41, 5.74) is 0.960. The summed E-state index contributed by atoms with van der Waals surface area (Å²) in [5.74, 6) is -3.23. The summed E-state index contributed by atoms with van der Waals surface area (Å²) in [6.45, 7) is 0. The number of carbonyl (C=O) groups is 2. The lowest BCUT2D eigenvalue weighted by Gasteiger charge is -2.32. The van der Waals surface area contributed by atoms with Gasteiger partial charge in [0.2, 0.25) is 5.91 Å². The fraction of sp³-hybridized carbons (Fsp3) is 0.556. The van der Waals surface area contributed by atoms with Gasteiger partial charge in [-0.25, -0.2) is 4.79 Å². The molecule has 3 N–H and O–H groups in total. The molecule has 0 bridgehead atoms. The van der Waals surface area contributed by atoms with Crippen LogP contribution in [0.2, 0.25) is 0 Å². The molecule has 26 heavy (non-hydrogen) atoms. The summed E-state index contributed by atoms with van der Waals surface area (Å²) < 4.78 is 39.4. The van der Waals surface area contributed by atoms with E-state index in [4.69, 9.17) is 0 Å². The highest BCUT2D eigenvalue weighted by Crippen LogP contribution is 2.41. The van der Waals surface area contributed by atoms with E-state index < -0.39 is 23.9 Å². The van der Waals surface area contributed by atoms with Gasteiger partial charge in [-0.15, -0.1) is 0 Å². The Hall–Kier alpha value is -2.25. The smallest absolute Gasteiger partial charge is 0.335 e. The number of alkyl halides is 3. The number of carbonyl (C=O) groups excluding carboxylic acids is 2. The van der Waals surface area contributed by atoms with Crippen molar-refractivity contribution in [3.05, 3.63) is 24.3 Å². The maximum absolute atomic E-state index is 13.1. The molecule has 2 aliphatic carbocycles. The normalized spacial score (nSPS) is 23.2. The fourth-order valence-electron chi connectivity index (χ4n) is 3.29. The molecule has 1 aromatic carbocycles. The number of nitrogens with one attached hydrogen (secondary N) is 3. The molecule has 2 aliphatic rings. The summed E-state index contributed by atoms with van der Waals surface area (Å²) in [6.07, 6.45) is -1.01. The summed E-state index contributed by atoms with van der Waals surface area (Å²) in [4.78, 5) is 24.0. The van der Waals surface area contributed by atoms with Gasteiger partial charge < -0.3 is 16.0 Å². The van der Waals surface area contributed by atoms with Gasteiger partial charge in [0.1, 0.15) is 0 Å². The number of hydrogen-bond donors (Lipinski definition) is 3. The molecule has 0 radical (unpaired) electrons. The lowest BCUT2D eigenvalue weighted by molar-refractivity contribution is -0.197. The van der Waals surface area contributed by atoms with E-state index in [0.717, 1.165) is 12.8 Å². The average Bonchev–Trinajstić information content (AvgIpc) is 3.39. The minimum Gasteiger partial charge on any atom is -0.335 e. The van der Waals surface area contributed by atoms with Crippen molar-refractivity contribution >= 4 is 23.3 Å². The Labute approximate surface area is 149 Å². The van der Waals surface area contributed by atoms with Crippen molar-refractivity contribution in [1.29, 1.82) is 0 Å². The third-order valence-electron chi connectivity index (χ3n) is 4.85. The van der Waals surface area contributed by atoms with Crippen molar-refractivity contribution in [2.24, 2.45) is 11.8 Å². The van der Waals surface area contributed by atoms with Gasteiger partial charge >= 0.3 is 12.2 Å². The highest BCUT2D eigenvalue weighted by atomic mass is 19.4. The summed E-state index contributed by atoms with van der Waals surface area (Å²) in [7, 11) is 0. The van der Waals surface area contributed by atoms with Crippen LogP contribution >= 0.6 is 0 Å². The van der Waals surface area contributed by atoms with Crippen LogP contribution in [0.1, 0.15) is 38.5 Å². The number of anilines is 2. The van der Waals surface area contributed by atoms with E-state index in [0.29, 0.717) is 24.2 Å². The number of benzene rings is 1. The summed E-state index contributed by atoms with van der Waals surface area (Å²) in [5, 5.41) is 8.03. The Morgan fingerprint density at radius 1 is 0.885 bits per heavy atom. The molecule has 3 amide bonds. The molecule has 2 atom stereocenters. The van der Waals surface area contributed by atoms with E-state index in [-0.39, 0.29) is 24.9 Å². The lowest BCUT2D eigenvalue weighted by Crippen LogP contribution is -2.39. The first-order chi connectivity index (χ1) is 12.3. The molecule has 142 valence electrons. The van der Waals surface area contributed by atoms with Gasteiger partial charge in [-0.2, -0.15) is 13.2 Å². The Balaban J connectivity index is 1.57. The molecule has 2 fully saturated rings. The second-order valence-electron chi connectivity index (χ2n) is 6.98. The number of rotatable bonds is 4. The van der Waals surface area contributed by atoms with Gasteiger partial charge in [0.15, 0.2) is 0 Å². The first-order valence-corrected chi connectivity index (χ1v) is 8.88. The van der Waals surface area contributed by atoms with Crippen molar-refractivity contribution in [1.82, 2.24) is 5.32 Å². The van der Waals surface area contributed by atoms with Crippen molar-refractivity contribution in [3.8, 4) is 0 Å². The molecule has 2 saturated carbocycles. The molecule has 1 aromatic rings. The second kappa shape index (κ2) is 7.55. The zero-order valence-electron chi connectivity index (χ0n) is 14.2. The lowest BCUT2D eigenvalue weighted by atomic mass is 9.78. The van der Waals surface area contributed by atoms with Gasteiger partial charge in [0.25, 0.3) is 0 Å². The molecule has 0 saturated heterocycles. The highest BCUT2D eigenvalue weighted by molar-refractivity contribution is 5.94. The number of hydrogen-bond acceptors (Lipinski definition) is 2. The Morgan fingerprint density at radius 2 is 1.46 bits per heavy atom. The van der Waals surface area contributed by atoms with Crippen molar-refractivity contribution in [3.63, 3.8) is 0 Å². The van der Waals surface area contributed by atoms with Crippen LogP contribution in [0, 0.1) is 11.8 Å². The first kappa shape index (κ1) is 18.5. The van der Waals surface area contributed by atoms with E-state index in [9.17, 15) is 22.8 Å². The monoisotopic (exact) mass is 369 g/mol. The standard InChI is InChI=1S/C18H22F3N3O2/c19-18(20,21)15-4-2-1-3-14(15)16(25)22-11-5-7-12(8-6-11)23-17(26)24-13-9-10-13/h5-8,13-15H,1-4,9-10H2,(H,22,25)(H2,23,24,26)/t14-,15+/m1/s1. The Bertz CT molecular complexity index is 657. The zero-order valence-corrected chi connectivity index (χ0v) is 14.2. The van der Waals surface area contributed by atoms with E-state index >= 15 is 0 Å². The first-order valence-electron chi connectivity index (χ1n) is 8.88. The van der Waals surface area contributed by atoms with E-state index in [2.05, 4.69) is 16.0 Å². The van der Waals surface area contributed by atoms with Crippen LogP contribution < -0.4 is 16.0 Å². The molecule has 3 rings (SSSR count). The van der Waals surface area contributed by atoms with Crippen LogP contribution in [0.15, 0.2) is 24.3 Å².